The van der Waals surface area contributed by atoms with Crippen molar-refractivity contribution >= 4 is 5.97 Å². The van der Waals surface area contributed by atoms with Gasteiger partial charge in [-0.05, 0) is 37.0 Å². The lowest BCUT2D eigenvalue weighted by Gasteiger charge is -2.32. The highest BCUT2D eigenvalue weighted by Crippen LogP contribution is 2.23. The minimum atomic E-state index is -0.740. The van der Waals surface area contributed by atoms with Crippen LogP contribution in [0.25, 0.3) is 0 Å². The van der Waals surface area contributed by atoms with Crippen molar-refractivity contribution in [2.45, 2.75) is 32.9 Å². The fourth-order valence-corrected chi connectivity index (χ4v) is 2.31. The van der Waals surface area contributed by atoms with Crippen molar-refractivity contribution in [2.75, 3.05) is 6.54 Å². The fraction of sp³-hybridized carbons (Fsp3) is 0.462. The molecule has 3 heteroatoms. The SMILES string of the molecule is Cc1cccc2c1CCN(C(C)C(=O)O)C2. The monoisotopic (exact) mass is 219 g/mol. The Balaban J connectivity index is 2.21. The van der Waals surface area contributed by atoms with Crippen LogP contribution in [0, 0.1) is 6.92 Å². The summed E-state index contributed by atoms with van der Waals surface area (Å²) in [6, 6.07) is 5.87. The first-order valence-electron chi connectivity index (χ1n) is 5.64. The van der Waals surface area contributed by atoms with E-state index in [1.54, 1.807) is 6.92 Å². The number of benzene rings is 1. The van der Waals surface area contributed by atoms with Crippen LogP contribution in [0.1, 0.15) is 23.6 Å². The molecule has 2 rings (SSSR count). The molecule has 0 spiro atoms. The van der Waals surface area contributed by atoms with E-state index >= 15 is 0 Å². The topological polar surface area (TPSA) is 40.5 Å². The third-order valence-corrected chi connectivity index (χ3v) is 3.43. The van der Waals surface area contributed by atoms with E-state index < -0.39 is 12.0 Å². The molecular formula is C13H17NO2. The minimum Gasteiger partial charge on any atom is -0.480 e. The fourth-order valence-electron chi connectivity index (χ4n) is 2.31. The van der Waals surface area contributed by atoms with E-state index in [4.69, 9.17) is 5.11 Å². The first kappa shape index (κ1) is 11.1. The summed E-state index contributed by atoms with van der Waals surface area (Å²) in [6.07, 6.45) is 0.958. The molecule has 1 aliphatic heterocycles. The molecule has 1 N–H and O–H groups in total. The van der Waals surface area contributed by atoms with Gasteiger partial charge in [-0.1, -0.05) is 18.2 Å². The Bertz CT molecular complexity index is 414. The summed E-state index contributed by atoms with van der Waals surface area (Å²) >= 11 is 0. The van der Waals surface area contributed by atoms with Crippen molar-refractivity contribution in [3.63, 3.8) is 0 Å². The Morgan fingerprint density at radius 3 is 2.94 bits per heavy atom. The van der Waals surface area contributed by atoms with Gasteiger partial charge in [0, 0.05) is 13.1 Å². The van der Waals surface area contributed by atoms with E-state index in [9.17, 15) is 4.79 Å². The van der Waals surface area contributed by atoms with Crippen molar-refractivity contribution in [2.24, 2.45) is 0 Å². The number of nitrogens with zero attached hydrogens (tertiary/aromatic N) is 1. The maximum absolute atomic E-state index is 10.9. The third-order valence-electron chi connectivity index (χ3n) is 3.43. The molecule has 16 heavy (non-hydrogen) atoms. The number of hydrogen-bond donors (Lipinski definition) is 1. The van der Waals surface area contributed by atoms with Crippen molar-refractivity contribution in [3.05, 3.63) is 34.9 Å². The molecule has 0 radical (unpaired) electrons. The second kappa shape index (κ2) is 4.26. The van der Waals surface area contributed by atoms with Crippen LogP contribution >= 0.6 is 0 Å². The van der Waals surface area contributed by atoms with Crippen LogP contribution < -0.4 is 0 Å². The van der Waals surface area contributed by atoms with E-state index in [2.05, 4.69) is 19.1 Å². The van der Waals surface area contributed by atoms with Gasteiger partial charge < -0.3 is 5.11 Å². The van der Waals surface area contributed by atoms with Crippen molar-refractivity contribution < 1.29 is 9.90 Å². The van der Waals surface area contributed by atoms with Crippen LogP contribution in [0.4, 0.5) is 0 Å². The van der Waals surface area contributed by atoms with E-state index in [0.29, 0.717) is 0 Å². The van der Waals surface area contributed by atoms with Crippen molar-refractivity contribution in [1.29, 1.82) is 0 Å². The Hall–Kier alpha value is -1.35. The van der Waals surface area contributed by atoms with E-state index in [1.807, 2.05) is 11.0 Å². The maximum atomic E-state index is 10.9. The van der Waals surface area contributed by atoms with Crippen molar-refractivity contribution in [1.82, 2.24) is 4.90 Å². The van der Waals surface area contributed by atoms with Gasteiger partial charge >= 0.3 is 5.97 Å². The number of aryl methyl sites for hydroxylation is 1. The largest absolute Gasteiger partial charge is 0.480 e. The Kier molecular flexibility index (Phi) is 2.97. The van der Waals surface area contributed by atoms with E-state index in [0.717, 1.165) is 19.5 Å². The Labute approximate surface area is 95.7 Å². The number of rotatable bonds is 2. The highest BCUT2D eigenvalue weighted by molar-refractivity contribution is 5.73. The van der Waals surface area contributed by atoms with Gasteiger partial charge in [0.15, 0.2) is 0 Å². The summed E-state index contributed by atoms with van der Waals surface area (Å²) in [5.41, 5.74) is 4.00. The van der Waals surface area contributed by atoms with Gasteiger partial charge in [-0.25, -0.2) is 0 Å². The van der Waals surface area contributed by atoms with Gasteiger partial charge in [0.05, 0.1) is 0 Å². The van der Waals surface area contributed by atoms with Crippen LogP contribution in [-0.4, -0.2) is 28.6 Å². The maximum Gasteiger partial charge on any atom is 0.320 e. The average molecular weight is 219 g/mol. The molecule has 3 nitrogen and oxygen atoms in total. The molecule has 0 aliphatic carbocycles. The minimum absolute atomic E-state index is 0.395. The smallest absolute Gasteiger partial charge is 0.320 e. The van der Waals surface area contributed by atoms with Crippen LogP contribution in [0.15, 0.2) is 18.2 Å². The lowest BCUT2D eigenvalue weighted by Crippen LogP contribution is -2.42. The summed E-state index contributed by atoms with van der Waals surface area (Å²) in [5, 5.41) is 9.00. The lowest BCUT2D eigenvalue weighted by molar-refractivity contribution is -0.143. The van der Waals surface area contributed by atoms with Gasteiger partial charge in [0.2, 0.25) is 0 Å². The van der Waals surface area contributed by atoms with Gasteiger partial charge in [-0.3, -0.25) is 9.69 Å². The number of fused-ring (bicyclic) bond motifs is 1. The summed E-state index contributed by atoms with van der Waals surface area (Å²) in [5.74, 6) is -0.740. The number of carbonyl (C=O) groups is 1. The first-order chi connectivity index (χ1) is 7.59. The standard InChI is InChI=1S/C13H17NO2/c1-9-4-3-5-11-8-14(7-6-12(9)11)10(2)13(15)16/h3-5,10H,6-8H2,1-2H3,(H,15,16). The predicted octanol–water partition coefficient (Wildman–Crippen LogP) is 1.83. The zero-order chi connectivity index (χ0) is 11.7. The van der Waals surface area contributed by atoms with E-state index in [-0.39, 0.29) is 0 Å². The Morgan fingerprint density at radius 1 is 1.50 bits per heavy atom. The molecule has 0 fully saturated rings. The quantitative estimate of drug-likeness (QED) is 0.825. The normalized spacial score (nSPS) is 17.9. The van der Waals surface area contributed by atoms with Gasteiger partial charge in [-0.15, -0.1) is 0 Å². The predicted molar refractivity (Wildman–Crippen MR) is 62.4 cm³/mol. The Morgan fingerprint density at radius 2 is 2.25 bits per heavy atom. The zero-order valence-corrected chi connectivity index (χ0v) is 9.73. The molecular weight excluding hydrogens is 202 g/mol. The van der Waals surface area contributed by atoms with Crippen LogP contribution in [0.2, 0.25) is 0 Å². The van der Waals surface area contributed by atoms with Crippen LogP contribution in [-0.2, 0) is 17.8 Å². The summed E-state index contributed by atoms with van der Waals surface area (Å²) < 4.78 is 0. The number of carboxylic acid groups (broad SMARTS) is 1. The highest BCUT2D eigenvalue weighted by Gasteiger charge is 2.25. The van der Waals surface area contributed by atoms with Gasteiger partial charge in [0.1, 0.15) is 6.04 Å². The molecule has 0 bridgehead atoms. The molecule has 1 unspecified atom stereocenters. The molecule has 1 aromatic carbocycles. The molecule has 1 aromatic rings. The molecule has 1 heterocycles. The summed E-state index contributed by atoms with van der Waals surface area (Å²) in [4.78, 5) is 13.0. The lowest BCUT2D eigenvalue weighted by atomic mass is 9.94. The van der Waals surface area contributed by atoms with Crippen molar-refractivity contribution in [3.8, 4) is 0 Å². The molecule has 0 amide bonds. The van der Waals surface area contributed by atoms with E-state index in [1.165, 1.54) is 16.7 Å². The molecule has 0 aromatic heterocycles. The first-order valence-corrected chi connectivity index (χ1v) is 5.64. The molecule has 1 aliphatic rings. The summed E-state index contributed by atoms with van der Waals surface area (Å²) in [7, 11) is 0. The molecule has 0 saturated heterocycles. The zero-order valence-electron chi connectivity index (χ0n) is 9.73. The van der Waals surface area contributed by atoms with Crippen LogP contribution in [0.3, 0.4) is 0 Å². The van der Waals surface area contributed by atoms with Gasteiger partial charge in [0.25, 0.3) is 0 Å². The average Bonchev–Trinajstić information content (AvgIpc) is 2.28. The second-order valence-electron chi connectivity index (χ2n) is 4.45. The summed E-state index contributed by atoms with van der Waals surface area (Å²) in [6.45, 7) is 5.47. The second-order valence-corrected chi connectivity index (χ2v) is 4.45. The molecule has 0 saturated carbocycles. The van der Waals surface area contributed by atoms with Crippen LogP contribution in [0.5, 0.6) is 0 Å². The highest BCUT2D eigenvalue weighted by atomic mass is 16.4. The number of hydrogen-bond acceptors (Lipinski definition) is 2. The third kappa shape index (κ3) is 1.95. The molecule has 1 atom stereocenters. The number of carboxylic acids is 1. The number of aliphatic carboxylic acids is 1. The molecule has 86 valence electrons. The van der Waals surface area contributed by atoms with Gasteiger partial charge in [-0.2, -0.15) is 0 Å².